The van der Waals surface area contributed by atoms with Crippen molar-refractivity contribution in [3.8, 4) is 5.75 Å². The highest BCUT2D eigenvalue weighted by molar-refractivity contribution is 5.93. The van der Waals surface area contributed by atoms with Crippen LogP contribution in [-0.4, -0.2) is 22.8 Å². The molecule has 0 amide bonds. The number of nitrogens with zero attached hydrogens (tertiary/aromatic N) is 1. The van der Waals surface area contributed by atoms with Crippen LogP contribution in [0.3, 0.4) is 0 Å². The highest BCUT2D eigenvalue weighted by Gasteiger charge is 2.20. The topological polar surface area (TPSA) is 68.5 Å². The minimum Gasteiger partial charge on any atom is -0.507 e. The van der Waals surface area contributed by atoms with Gasteiger partial charge in [-0.05, 0) is 20.8 Å². The molecule has 0 saturated carbocycles. The summed E-state index contributed by atoms with van der Waals surface area (Å²) in [5, 5.41) is 9.57. The van der Waals surface area contributed by atoms with E-state index in [4.69, 9.17) is 0 Å². The van der Waals surface area contributed by atoms with Gasteiger partial charge in [0.1, 0.15) is 11.3 Å². The largest absolute Gasteiger partial charge is 0.507 e. The maximum absolute atomic E-state index is 11.6. The van der Waals surface area contributed by atoms with Crippen LogP contribution in [0.25, 0.3) is 0 Å². The third-order valence-corrected chi connectivity index (χ3v) is 2.38. The van der Waals surface area contributed by atoms with Crippen molar-refractivity contribution in [3.63, 3.8) is 0 Å². The number of aromatic hydroxyl groups is 1. The van der Waals surface area contributed by atoms with Gasteiger partial charge in [-0.15, -0.1) is 0 Å². The van der Waals surface area contributed by atoms with Crippen LogP contribution in [0, 0.1) is 6.92 Å². The fourth-order valence-electron chi connectivity index (χ4n) is 1.73. The van der Waals surface area contributed by atoms with Crippen LogP contribution >= 0.6 is 0 Å². The van der Waals surface area contributed by atoms with Crippen molar-refractivity contribution >= 4 is 5.97 Å². The highest BCUT2D eigenvalue weighted by Crippen LogP contribution is 2.21. The van der Waals surface area contributed by atoms with E-state index in [0.717, 1.165) is 6.07 Å². The molecule has 0 atom stereocenters. The molecule has 0 aliphatic rings. The summed E-state index contributed by atoms with van der Waals surface area (Å²) in [7, 11) is 1.23. The second kappa shape index (κ2) is 4.38. The molecule has 88 valence electrons. The van der Waals surface area contributed by atoms with E-state index < -0.39 is 5.97 Å². The van der Waals surface area contributed by atoms with Crippen LogP contribution in [0.15, 0.2) is 10.9 Å². The van der Waals surface area contributed by atoms with Crippen molar-refractivity contribution in [2.75, 3.05) is 7.11 Å². The zero-order valence-electron chi connectivity index (χ0n) is 9.77. The van der Waals surface area contributed by atoms with Gasteiger partial charge in [0.05, 0.1) is 7.11 Å². The number of hydrogen-bond donors (Lipinski definition) is 1. The Balaban J connectivity index is 3.58. The normalized spacial score (nSPS) is 10.6. The van der Waals surface area contributed by atoms with Crippen molar-refractivity contribution < 1.29 is 14.6 Å². The monoisotopic (exact) mass is 225 g/mol. The number of methoxy groups -OCH3 is 1. The second-order valence-electron chi connectivity index (χ2n) is 3.78. The van der Waals surface area contributed by atoms with Gasteiger partial charge in [-0.1, -0.05) is 0 Å². The Labute approximate surface area is 93.3 Å². The fourth-order valence-corrected chi connectivity index (χ4v) is 1.73. The minimum absolute atomic E-state index is 0.0378. The molecule has 16 heavy (non-hydrogen) atoms. The van der Waals surface area contributed by atoms with E-state index in [1.54, 1.807) is 6.92 Å². The Hall–Kier alpha value is -1.78. The van der Waals surface area contributed by atoms with E-state index in [9.17, 15) is 14.7 Å². The van der Waals surface area contributed by atoms with Crippen LogP contribution in [0.4, 0.5) is 0 Å². The molecule has 0 fully saturated rings. The first-order chi connectivity index (χ1) is 7.40. The Morgan fingerprint density at radius 3 is 2.50 bits per heavy atom. The van der Waals surface area contributed by atoms with E-state index in [1.165, 1.54) is 11.7 Å². The van der Waals surface area contributed by atoms with Crippen molar-refractivity contribution in [2.24, 2.45) is 0 Å². The van der Waals surface area contributed by atoms with Gasteiger partial charge in [-0.3, -0.25) is 4.79 Å². The molecular formula is C11H15NO4. The summed E-state index contributed by atoms with van der Waals surface area (Å²) in [5.41, 5.74) is 0.111. The minimum atomic E-state index is -0.649. The smallest absolute Gasteiger partial charge is 0.343 e. The van der Waals surface area contributed by atoms with Crippen LogP contribution in [-0.2, 0) is 4.74 Å². The molecule has 1 heterocycles. The molecule has 5 heteroatoms. The molecule has 0 aromatic carbocycles. The molecule has 1 aromatic heterocycles. The lowest BCUT2D eigenvalue weighted by Crippen LogP contribution is -2.26. The van der Waals surface area contributed by atoms with Crippen LogP contribution in [0.5, 0.6) is 5.75 Å². The van der Waals surface area contributed by atoms with E-state index in [2.05, 4.69) is 4.74 Å². The van der Waals surface area contributed by atoms with Crippen LogP contribution < -0.4 is 5.56 Å². The van der Waals surface area contributed by atoms with Crippen LogP contribution in [0.1, 0.15) is 35.9 Å². The van der Waals surface area contributed by atoms with Crippen molar-refractivity contribution in [2.45, 2.75) is 26.8 Å². The Morgan fingerprint density at radius 2 is 2.06 bits per heavy atom. The van der Waals surface area contributed by atoms with E-state index >= 15 is 0 Å². The number of ether oxygens (including phenoxy) is 1. The average Bonchev–Trinajstić information content (AvgIpc) is 2.15. The second-order valence-corrected chi connectivity index (χ2v) is 3.78. The summed E-state index contributed by atoms with van der Waals surface area (Å²) in [6.07, 6.45) is 0. The predicted molar refractivity (Wildman–Crippen MR) is 58.8 cm³/mol. The van der Waals surface area contributed by atoms with Gasteiger partial charge in [0.2, 0.25) is 0 Å². The Morgan fingerprint density at radius 1 is 1.50 bits per heavy atom. The lowest BCUT2D eigenvalue weighted by molar-refractivity contribution is 0.0595. The molecule has 0 aliphatic heterocycles. The average molecular weight is 225 g/mol. The summed E-state index contributed by atoms with van der Waals surface area (Å²) in [6, 6.07) is 0.940. The van der Waals surface area contributed by atoms with Gasteiger partial charge in [-0.2, -0.15) is 0 Å². The maximum Gasteiger partial charge on any atom is 0.343 e. The predicted octanol–water partition coefficient (Wildman–Crippen LogP) is 1.23. The summed E-state index contributed by atoms with van der Waals surface area (Å²) < 4.78 is 5.99. The molecule has 0 spiro atoms. The standard InChI is InChI=1S/C11H15NO4/c1-6(2)12-7(3)10(11(15)16-4)8(13)5-9(12)14/h5-6,13H,1-4H3. The Kier molecular flexibility index (Phi) is 3.37. The number of carbonyl (C=O) groups excluding carboxylic acids is 1. The van der Waals surface area contributed by atoms with Gasteiger partial charge < -0.3 is 14.4 Å². The van der Waals surface area contributed by atoms with Gasteiger partial charge in [0, 0.05) is 17.8 Å². The van der Waals surface area contributed by atoms with E-state index in [0.29, 0.717) is 5.69 Å². The lowest BCUT2D eigenvalue weighted by atomic mass is 10.1. The summed E-state index contributed by atoms with van der Waals surface area (Å²) in [4.78, 5) is 23.1. The summed E-state index contributed by atoms with van der Waals surface area (Å²) in [5.74, 6) is -0.990. The molecule has 1 N–H and O–H groups in total. The van der Waals surface area contributed by atoms with Gasteiger partial charge in [-0.25, -0.2) is 4.79 Å². The molecule has 0 radical (unpaired) electrons. The van der Waals surface area contributed by atoms with Crippen molar-refractivity contribution in [1.82, 2.24) is 4.57 Å². The number of aromatic nitrogens is 1. The number of rotatable bonds is 2. The van der Waals surface area contributed by atoms with Crippen molar-refractivity contribution in [1.29, 1.82) is 0 Å². The summed E-state index contributed by atoms with van der Waals surface area (Å²) in [6.45, 7) is 5.26. The number of carbonyl (C=O) groups is 1. The first kappa shape index (κ1) is 12.3. The van der Waals surface area contributed by atoms with E-state index in [-0.39, 0.29) is 22.9 Å². The zero-order valence-corrected chi connectivity index (χ0v) is 9.77. The fraction of sp³-hybridized carbons (Fsp3) is 0.455. The molecule has 1 rings (SSSR count). The molecule has 1 aromatic rings. The molecule has 0 saturated heterocycles. The molecule has 0 unspecified atom stereocenters. The number of pyridine rings is 1. The molecular weight excluding hydrogens is 210 g/mol. The zero-order chi connectivity index (χ0) is 12.5. The third-order valence-electron chi connectivity index (χ3n) is 2.38. The maximum atomic E-state index is 11.6. The van der Waals surface area contributed by atoms with Gasteiger partial charge >= 0.3 is 5.97 Å². The summed E-state index contributed by atoms with van der Waals surface area (Å²) >= 11 is 0. The Bertz CT molecular complexity index is 474. The third kappa shape index (κ3) is 1.93. The SMILES string of the molecule is COC(=O)c1c(O)cc(=O)n(C(C)C)c1C. The highest BCUT2D eigenvalue weighted by atomic mass is 16.5. The van der Waals surface area contributed by atoms with E-state index in [1.807, 2.05) is 13.8 Å². The molecule has 0 bridgehead atoms. The van der Waals surface area contributed by atoms with Gasteiger partial charge in [0.15, 0.2) is 0 Å². The van der Waals surface area contributed by atoms with Crippen LogP contribution in [0.2, 0.25) is 0 Å². The van der Waals surface area contributed by atoms with Gasteiger partial charge in [0.25, 0.3) is 5.56 Å². The first-order valence-corrected chi connectivity index (χ1v) is 4.93. The quantitative estimate of drug-likeness (QED) is 0.768. The molecule has 0 aliphatic carbocycles. The first-order valence-electron chi connectivity index (χ1n) is 4.93. The number of hydrogen-bond acceptors (Lipinski definition) is 4. The lowest BCUT2D eigenvalue weighted by Gasteiger charge is -2.16. The molecule has 5 nitrogen and oxygen atoms in total. The van der Waals surface area contributed by atoms with Crippen molar-refractivity contribution in [3.05, 3.63) is 27.7 Å². The number of esters is 1.